The second-order valence-electron chi connectivity index (χ2n) is 7.26. The minimum absolute atomic E-state index is 0.0208. The molecule has 0 bridgehead atoms. The maximum absolute atomic E-state index is 11.8. The molecule has 10 nitrogen and oxygen atoms in total. The fourth-order valence-electron chi connectivity index (χ4n) is 3.67. The van der Waals surface area contributed by atoms with E-state index < -0.39 is 5.91 Å². The summed E-state index contributed by atoms with van der Waals surface area (Å²) in [6.45, 7) is 2.85. The van der Waals surface area contributed by atoms with Crippen molar-refractivity contribution in [2.45, 2.75) is 51.2 Å². The third-order valence-corrected chi connectivity index (χ3v) is 5.28. The number of carbonyl (C=O) groups excluding carboxylic acids is 1. The summed E-state index contributed by atoms with van der Waals surface area (Å²) in [6.07, 6.45) is 5.94. The van der Waals surface area contributed by atoms with Gasteiger partial charge in [0.05, 0.1) is 17.4 Å². The number of nitrogens with zero attached hydrogens (tertiary/aromatic N) is 5. The summed E-state index contributed by atoms with van der Waals surface area (Å²) in [5.74, 6) is -0.131. The number of rotatable bonds is 6. The molecule has 0 radical (unpaired) electrons. The third-order valence-electron chi connectivity index (χ3n) is 5.28. The predicted octanol–water partition coefficient (Wildman–Crippen LogP) is 1.77. The maximum Gasteiger partial charge on any atom is 0.273 e. The van der Waals surface area contributed by atoms with Gasteiger partial charge in [0, 0.05) is 24.3 Å². The molecule has 1 saturated carbocycles. The third kappa shape index (κ3) is 3.97. The number of aromatic nitrogens is 5. The van der Waals surface area contributed by atoms with Crippen molar-refractivity contribution in [1.29, 1.82) is 0 Å². The quantitative estimate of drug-likeness (QED) is 0.493. The molecule has 1 aromatic carbocycles. The van der Waals surface area contributed by atoms with E-state index in [1.165, 1.54) is 0 Å². The lowest BCUT2D eigenvalue weighted by Crippen LogP contribution is -2.43. The highest BCUT2D eigenvalue weighted by atomic mass is 16.1. The topological polar surface area (TPSA) is 150 Å². The summed E-state index contributed by atoms with van der Waals surface area (Å²) >= 11 is 0. The number of primary amides is 1. The van der Waals surface area contributed by atoms with E-state index in [4.69, 9.17) is 11.5 Å². The van der Waals surface area contributed by atoms with Crippen molar-refractivity contribution in [2.24, 2.45) is 11.5 Å². The highest BCUT2D eigenvalue weighted by Crippen LogP contribution is 2.24. The van der Waals surface area contributed by atoms with Gasteiger partial charge in [-0.1, -0.05) is 12.8 Å². The monoisotopic (exact) mass is 395 g/mol. The minimum Gasteiger partial charge on any atom is -0.364 e. The van der Waals surface area contributed by atoms with Gasteiger partial charge in [-0.25, -0.2) is 4.98 Å². The van der Waals surface area contributed by atoms with Crippen LogP contribution in [0.5, 0.6) is 0 Å². The highest BCUT2D eigenvalue weighted by molar-refractivity contribution is 5.96. The number of hydrogen-bond acceptors (Lipinski definition) is 8. The number of amides is 1. The van der Waals surface area contributed by atoms with Crippen molar-refractivity contribution in [3.05, 3.63) is 30.2 Å². The molecular formula is C19H25N9O. The predicted molar refractivity (Wildman–Crippen MR) is 111 cm³/mol. The Labute approximate surface area is 168 Å². The molecule has 2 heterocycles. The van der Waals surface area contributed by atoms with Gasteiger partial charge < -0.3 is 26.7 Å². The summed E-state index contributed by atoms with van der Waals surface area (Å²) in [7, 11) is 0. The Morgan fingerprint density at radius 3 is 2.86 bits per heavy atom. The summed E-state index contributed by atoms with van der Waals surface area (Å²) in [6, 6.07) is 5.84. The number of imidazole rings is 1. The van der Waals surface area contributed by atoms with Crippen molar-refractivity contribution in [3.63, 3.8) is 0 Å². The number of hydrogen-bond donors (Lipinski definition) is 4. The molecule has 2 aromatic heterocycles. The van der Waals surface area contributed by atoms with Gasteiger partial charge in [0.2, 0.25) is 5.95 Å². The average Bonchev–Trinajstić information content (AvgIpc) is 3.12. The van der Waals surface area contributed by atoms with Gasteiger partial charge >= 0.3 is 0 Å². The molecule has 1 amide bonds. The van der Waals surface area contributed by atoms with E-state index in [0.29, 0.717) is 5.95 Å². The molecule has 3 aromatic rings. The molecule has 10 heteroatoms. The van der Waals surface area contributed by atoms with E-state index >= 15 is 0 Å². The molecule has 29 heavy (non-hydrogen) atoms. The largest absolute Gasteiger partial charge is 0.364 e. The number of benzene rings is 1. The number of anilines is 3. The van der Waals surface area contributed by atoms with E-state index in [2.05, 4.69) is 37.7 Å². The molecule has 0 saturated heterocycles. The van der Waals surface area contributed by atoms with Crippen LogP contribution in [0.2, 0.25) is 0 Å². The molecule has 0 aliphatic heterocycles. The van der Waals surface area contributed by atoms with Crippen molar-refractivity contribution in [2.75, 3.05) is 10.6 Å². The van der Waals surface area contributed by atoms with E-state index in [1.807, 2.05) is 22.8 Å². The first-order valence-corrected chi connectivity index (χ1v) is 9.83. The van der Waals surface area contributed by atoms with Crippen LogP contribution in [0.4, 0.5) is 17.5 Å². The molecule has 2 atom stereocenters. The Bertz CT molecular complexity index is 1030. The molecule has 6 N–H and O–H groups in total. The van der Waals surface area contributed by atoms with Gasteiger partial charge in [-0.3, -0.25) is 4.79 Å². The van der Waals surface area contributed by atoms with E-state index in [1.54, 1.807) is 6.33 Å². The van der Waals surface area contributed by atoms with Crippen molar-refractivity contribution in [3.8, 4) is 0 Å². The molecular weight excluding hydrogens is 370 g/mol. The molecule has 152 valence electrons. The molecule has 4 rings (SSSR count). The molecule has 1 aliphatic carbocycles. The first-order chi connectivity index (χ1) is 14.0. The first kappa shape index (κ1) is 19.1. The minimum atomic E-state index is -0.701. The van der Waals surface area contributed by atoms with Crippen LogP contribution < -0.4 is 22.1 Å². The number of carbonyl (C=O) groups is 1. The summed E-state index contributed by atoms with van der Waals surface area (Å²) in [5, 5.41) is 14.4. The van der Waals surface area contributed by atoms with Crippen molar-refractivity contribution < 1.29 is 4.79 Å². The number of nitrogens with one attached hydrogen (secondary N) is 2. The number of fused-ring (bicyclic) bond motifs is 1. The van der Waals surface area contributed by atoms with Gasteiger partial charge in [-0.05, 0) is 38.0 Å². The SMILES string of the molecule is CCn1cnc2ccc(Nc3nc(N[C@@H]4CCCC[C@@H]4N)nnc3C(N)=O)cc21. The fraction of sp³-hybridized carbons (Fsp3) is 0.421. The lowest BCUT2D eigenvalue weighted by Gasteiger charge is -2.29. The van der Waals surface area contributed by atoms with Gasteiger partial charge in [0.1, 0.15) is 0 Å². The van der Waals surface area contributed by atoms with E-state index in [0.717, 1.165) is 48.9 Å². The van der Waals surface area contributed by atoms with Crippen LogP contribution in [0.25, 0.3) is 11.0 Å². The van der Waals surface area contributed by atoms with Gasteiger partial charge in [0.15, 0.2) is 11.5 Å². The van der Waals surface area contributed by atoms with Crippen LogP contribution in [-0.2, 0) is 6.54 Å². The zero-order chi connectivity index (χ0) is 20.4. The summed E-state index contributed by atoms with van der Waals surface area (Å²) < 4.78 is 2.03. The molecule has 0 unspecified atom stereocenters. The summed E-state index contributed by atoms with van der Waals surface area (Å²) in [4.78, 5) is 20.6. The van der Waals surface area contributed by atoms with E-state index in [-0.39, 0.29) is 23.6 Å². The van der Waals surface area contributed by atoms with E-state index in [9.17, 15) is 4.79 Å². The standard InChI is InChI=1S/C19H25N9O/c1-2-28-10-22-14-8-7-11(9-15(14)28)23-18-16(17(21)29)26-27-19(25-18)24-13-6-4-3-5-12(13)20/h7-10,12-13H,2-6,20H2,1H3,(H2,21,29)(H2,23,24,25,27)/t12-,13+/m0/s1. The Morgan fingerprint density at radius 1 is 1.28 bits per heavy atom. The fourth-order valence-corrected chi connectivity index (χ4v) is 3.67. The van der Waals surface area contributed by atoms with Crippen LogP contribution in [0.3, 0.4) is 0 Å². The molecule has 1 aliphatic rings. The van der Waals surface area contributed by atoms with Crippen LogP contribution in [-0.4, -0.2) is 42.7 Å². The number of aryl methyl sites for hydroxylation is 1. The van der Waals surface area contributed by atoms with Crippen LogP contribution in [0, 0.1) is 0 Å². The smallest absolute Gasteiger partial charge is 0.273 e. The second kappa shape index (κ2) is 8.00. The van der Waals surface area contributed by atoms with Crippen LogP contribution in [0.1, 0.15) is 43.1 Å². The zero-order valence-corrected chi connectivity index (χ0v) is 16.3. The highest BCUT2D eigenvalue weighted by Gasteiger charge is 2.23. The van der Waals surface area contributed by atoms with Crippen molar-refractivity contribution in [1.82, 2.24) is 24.7 Å². The van der Waals surface area contributed by atoms with Gasteiger partial charge in [-0.2, -0.15) is 4.98 Å². The van der Waals surface area contributed by atoms with Gasteiger partial charge in [-0.15, -0.1) is 10.2 Å². The first-order valence-electron chi connectivity index (χ1n) is 9.83. The lowest BCUT2D eigenvalue weighted by molar-refractivity contribution is 0.0995. The Kier molecular flexibility index (Phi) is 5.26. The Balaban J connectivity index is 1.63. The summed E-state index contributed by atoms with van der Waals surface area (Å²) in [5.41, 5.74) is 14.3. The molecule has 0 spiro atoms. The second-order valence-corrected chi connectivity index (χ2v) is 7.26. The Morgan fingerprint density at radius 2 is 2.10 bits per heavy atom. The maximum atomic E-state index is 11.8. The van der Waals surface area contributed by atoms with Crippen LogP contribution >= 0.6 is 0 Å². The molecule has 1 fully saturated rings. The lowest BCUT2D eigenvalue weighted by atomic mass is 9.91. The van der Waals surface area contributed by atoms with Crippen molar-refractivity contribution >= 4 is 34.4 Å². The van der Waals surface area contributed by atoms with Gasteiger partial charge in [0.25, 0.3) is 5.91 Å². The van der Waals surface area contributed by atoms with Crippen LogP contribution in [0.15, 0.2) is 24.5 Å². The normalized spacial score (nSPS) is 19.2. The number of nitrogens with two attached hydrogens (primary N) is 2. The zero-order valence-electron chi connectivity index (χ0n) is 16.3. The average molecular weight is 395 g/mol. The Hall–Kier alpha value is -3.27.